The molecule has 0 fully saturated rings. The second kappa shape index (κ2) is 6.08. The van der Waals surface area contributed by atoms with Gasteiger partial charge in [0, 0.05) is 21.8 Å². The van der Waals surface area contributed by atoms with Gasteiger partial charge in [-0.2, -0.15) is 5.10 Å². The summed E-state index contributed by atoms with van der Waals surface area (Å²) in [7, 11) is 0. The Morgan fingerprint density at radius 3 is 2.17 bits per heavy atom. The fourth-order valence-corrected chi connectivity index (χ4v) is 4.30. The average Bonchev–Trinajstić information content (AvgIpc) is 3.34. The Kier molecular flexibility index (Phi) is 3.38. The van der Waals surface area contributed by atoms with Crippen LogP contribution in [0.15, 0.2) is 97.2 Å². The summed E-state index contributed by atoms with van der Waals surface area (Å²) in [6, 6.07) is 32.1. The summed E-state index contributed by atoms with van der Waals surface area (Å²) in [5.41, 5.74) is 7.01. The normalized spacial score (nSPS) is 11.6. The molecule has 138 valence electrons. The molecule has 0 atom stereocenters. The minimum atomic E-state index is 1.08. The summed E-state index contributed by atoms with van der Waals surface area (Å²) in [6.07, 6.45) is 2.00. The van der Waals surface area contributed by atoms with E-state index in [0.717, 1.165) is 22.3 Å². The Morgan fingerprint density at radius 1 is 0.586 bits per heavy atom. The van der Waals surface area contributed by atoms with Gasteiger partial charge in [0.2, 0.25) is 0 Å². The standard InChI is InChI=1S/C26H19N3/c1-18-11-13-20(14-12-18)29-25-16-15-22-21-9-5-6-10-24(21)28(19-7-3-2-4-8-19)26(22)23(25)17-27-29/h2-17H,1H3. The van der Waals surface area contributed by atoms with Gasteiger partial charge in [-0.1, -0.05) is 54.1 Å². The highest BCUT2D eigenvalue weighted by Gasteiger charge is 2.17. The molecule has 0 radical (unpaired) electrons. The molecular weight excluding hydrogens is 354 g/mol. The molecule has 0 saturated heterocycles. The molecule has 29 heavy (non-hydrogen) atoms. The van der Waals surface area contributed by atoms with Crippen molar-refractivity contribution in [1.29, 1.82) is 0 Å². The Labute approximate surface area is 168 Å². The van der Waals surface area contributed by atoms with Crippen molar-refractivity contribution in [3.05, 3.63) is 103 Å². The van der Waals surface area contributed by atoms with Crippen molar-refractivity contribution in [3.8, 4) is 11.4 Å². The van der Waals surface area contributed by atoms with Gasteiger partial charge in [-0.15, -0.1) is 0 Å². The van der Waals surface area contributed by atoms with Crippen molar-refractivity contribution in [2.24, 2.45) is 0 Å². The number of aryl methyl sites for hydroxylation is 1. The zero-order valence-corrected chi connectivity index (χ0v) is 16.1. The van der Waals surface area contributed by atoms with E-state index in [2.05, 4.69) is 102 Å². The molecular formula is C26H19N3. The Bertz CT molecular complexity index is 1490. The van der Waals surface area contributed by atoms with Crippen molar-refractivity contribution in [3.63, 3.8) is 0 Å². The average molecular weight is 373 g/mol. The molecule has 0 aliphatic carbocycles. The maximum absolute atomic E-state index is 4.75. The van der Waals surface area contributed by atoms with Crippen molar-refractivity contribution < 1.29 is 0 Å². The Balaban J connectivity index is 1.75. The molecule has 0 bridgehead atoms. The maximum atomic E-state index is 4.75. The highest BCUT2D eigenvalue weighted by molar-refractivity contribution is 6.18. The Hall–Kier alpha value is -3.85. The number of para-hydroxylation sites is 2. The SMILES string of the molecule is Cc1ccc(-n2ncc3c2ccc2c4ccccc4n(-c4ccccc4)c23)cc1. The van der Waals surface area contributed by atoms with E-state index in [1.807, 2.05) is 10.9 Å². The largest absolute Gasteiger partial charge is 0.309 e. The minimum Gasteiger partial charge on any atom is -0.309 e. The third-order valence-electron chi connectivity index (χ3n) is 5.68. The van der Waals surface area contributed by atoms with Gasteiger partial charge in [0.15, 0.2) is 0 Å². The van der Waals surface area contributed by atoms with Crippen LogP contribution in [-0.2, 0) is 0 Å². The zero-order chi connectivity index (χ0) is 19.4. The third kappa shape index (κ3) is 2.34. The predicted octanol–water partition coefficient (Wildman–Crippen LogP) is 6.43. The number of rotatable bonds is 2. The van der Waals surface area contributed by atoms with Gasteiger partial charge >= 0.3 is 0 Å². The fraction of sp³-hybridized carbons (Fsp3) is 0.0385. The van der Waals surface area contributed by atoms with Crippen molar-refractivity contribution in [2.75, 3.05) is 0 Å². The van der Waals surface area contributed by atoms with Gasteiger partial charge in [-0.05, 0) is 49.4 Å². The van der Waals surface area contributed by atoms with Gasteiger partial charge in [-0.3, -0.25) is 0 Å². The molecule has 0 aliphatic heterocycles. The number of fused-ring (bicyclic) bond motifs is 5. The first-order chi connectivity index (χ1) is 14.3. The Morgan fingerprint density at radius 2 is 1.34 bits per heavy atom. The molecule has 4 aromatic carbocycles. The van der Waals surface area contributed by atoms with Crippen LogP contribution in [0.4, 0.5) is 0 Å². The lowest BCUT2D eigenvalue weighted by atomic mass is 10.1. The molecule has 6 aromatic rings. The first-order valence-corrected chi connectivity index (χ1v) is 9.83. The van der Waals surface area contributed by atoms with E-state index in [4.69, 9.17) is 5.10 Å². The van der Waals surface area contributed by atoms with Gasteiger partial charge in [-0.25, -0.2) is 4.68 Å². The number of nitrogens with zero attached hydrogens (tertiary/aromatic N) is 3. The molecule has 0 amide bonds. The second-order valence-corrected chi connectivity index (χ2v) is 7.47. The minimum absolute atomic E-state index is 1.08. The van der Waals surface area contributed by atoms with E-state index in [-0.39, 0.29) is 0 Å². The van der Waals surface area contributed by atoms with Gasteiger partial charge in [0.1, 0.15) is 0 Å². The lowest BCUT2D eigenvalue weighted by Crippen LogP contribution is -1.96. The van der Waals surface area contributed by atoms with E-state index in [0.29, 0.717) is 0 Å². The molecule has 3 heteroatoms. The lowest BCUT2D eigenvalue weighted by Gasteiger charge is -2.09. The van der Waals surface area contributed by atoms with E-state index in [1.165, 1.54) is 27.4 Å². The first-order valence-electron chi connectivity index (χ1n) is 9.83. The summed E-state index contributed by atoms with van der Waals surface area (Å²) in [5.74, 6) is 0. The molecule has 0 unspecified atom stereocenters. The number of aromatic nitrogens is 3. The number of hydrogen-bond acceptors (Lipinski definition) is 1. The molecule has 2 aromatic heterocycles. The van der Waals surface area contributed by atoms with Crippen molar-refractivity contribution >= 4 is 32.7 Å². The van der Waals surface area contributed by atoms with E-state index >= 15 is 0 Å². The summed E-state index contributed by atoms with van der Waals surface area (Å²) >= 11 is 0. The van der Waals surface area contributed by atoms with Crippen molar-refractivity contribution in [1.82, 2.24) is 14.3 Å². The summed E-state index contributed by atoms with van der Waals surface area (Å²) < 4.78 is 4.38. The fourth-order valence-electron chi connectivity index (χ4n) is 4.30. The monoisotopic (exact) mass is 373 g/mol. The molecule has 0 aliphatic rings. The van der Waals surface area contributed by atoms with Gasteiger partial charge < -0.3 is 4.57 Å². The van der Waals surface area contributed by atoms with Crippen LogP contribution in [0.25, 0.3) is 44.1 Å². The molecule has 0 spiro atoms. The highest BCUT2D eigenvalue weighted by atomic mass is 15.3. The van der Waals surface area contributed by atoms with Crippen LogP contribution >= 0.6 is 0 Å². The molecule has 3 nitrogen and oxygen atoms in total. The topological polar surface area (TPSA) is 22.8 Å². The zero-order valence-electron chi connectivity index (χ0n) is 16.1. The van der Waals surface area contributed by atoms with Crippen LogP contribution in [0.1, 0.15) is 5.56 Å². The van der Waals surface area contributed by atoms with Crippen LogP contribution in [0.2, 0.25) is 0 Å². The van der Waals surface area contributed by atoms with Crippen LogP contribution in [0.3, 0.4) is 0 Å². The van der Waals surface area contributed by atoms with Crippen molar-refractivity contribution in [2.45, 2.75) is 6.92 Å². The predicted molar refractivity (Wildman–Crippen MR) is 120 cm³/mol. The second-order valence-electron chi connectivity index (χ2n) is 7.47. The maximum Gasteiger partial charge on any atom is 0.0762 e. The highest BCUT2D eigenvalue weighted by Crippen LogP contribution is 2.36. The van der Waals surface area contributed by atoms with Crippen LogP contribution < -0.4 is 0 Å². The number of hydrogen-bond donors (Lipinski definition) is 0. The first kappa shape index (κ1) is 16.1. The van der Waals surface area contributed by atoms with Crippen LogP contribution in [0.5, 0.6) is 0 Å². The molecule has 0 saturated carbocycles. The quantitative estimate of drug-likeness (QED) is 0.343. The summed E-state index contributed by atoms with van der Waals surface area (Å²) in [4.78, 5) is 0. The third-order valence-corrected chi connectivity index (χ3v) is 5.68. The number of benzene rings is 4. The van der Waals surface area contributed by atoms with E-state index in [9.17, 15) is 0 Å². The van der Waals surface area contributed by atoms with Crippen LogP contribution in [-0.4, -0.2) is 14.3 Å². The molecule has 2 heterocycles. The summed E-state index contributed by atoms with van der Waals surface area (Å²) in [6.45, 7) is 2.10. The van der Waals surface area contributed by atoms with Crippen LogP contribution in [0, 0.1) is 6.92 Å². The van der Waals surface area contributed by atoms with Gasteiger partial charge in [0.25, 0.3) is 0 Å². The van der Waals surface area contributed by atoms with E-state index < -0.39 is 0 Å². The van der Waals surface area contributed by atoms with Gasteiger partial charge in [0.05, 0.1) is 28.4 Å². The summed E-state index contributed by atoms with van der Waals surface area (Å²) in [5, 5.41) is 8.42. The lowest BCUT2D eigenvalue weighted by molar-refractivity contribution is 0.910. The van der Waals surface area contributed by atoms with E-state index in [1.54, 1.807) is 0 Å². The smallest absolute Gasteiger partial charge is 0.0762 e. The molecule has 0 N–H and O–H groups in total. The molecule has 6 rings (SSSR count).